The third-order valence-electron chi connectivity index (χ3n) is 1.63. The third-order valence-corrected chi connectivity index (χ3v) is 1.63. The molecule has 0 amide bonds. The van der Waals surface area contributed by atoms with Gasteiger partial charge in [0.15, 0.2) is 0 Å². The highest BCUT2D eigenvalue weighted by Crippen LogP contribution is 2.08. The summed E-state index contributed by atoms with van der Waals surface area (Å²) in [6, 6.07) is 0.0767. The van der Waals surface area contributed by atoms with Crippen LogP contribution in [0.25, 0.3) is 0 Å². The van der Waals surface area contributed by atoms with Crippen LogP contribution in [0.1, 0.15) is 33.6 Å². The lowest BCUT2D eigenvalue weighted by Crippen LogP contribution is -2.35. The van der Waals surface area contributed by atoms with Crippen molar-refractivity contribution in [3.8, 4) is 0 Å². The number of amidine groups is 1. The molecule has 5 nitrogen and oxygen atoms in total. The number of nitrogens with one attached hydrogen (secondary N) is 1. The van der Waals surface area contributed by atoms with Gasteiger partial charge in [-0.15, -0.1) is 0 Å². The number of carboxylic acids is 1. The van der Waals surface area contributed by atoms with Crippen LogP contribution < -0.4 is 0 Å². The molecule has 0 aromatic heterocycles. The largest absolute Gasteiger partial charge is 0.481 e. The molecular weight excluding hydrogens is 196 g/mol. The van der Waals surface area contributed by atoms with Gasteiger partial charge >= 0.3 is 5.97 Å². The van der Waals surface area contributed by atoms with Crippen molar-refractivity contribution in [2.45, 2.75) is 39.2 Å². The minimum Gasteiger partial charge on any atom is -0.481 e. The third kappa shape index (κ3) is 7.78. The van der Waals surface area contributed by atoms with Crippen LogP contribution in [0, 0.1) is 5.41 Å². The van der Waals surface area contributed by atoms with Gasteiger partial charge < -0.3 is 14.7 Å². The Bertz CT molecular complexity index is 233. The molecular formula is C10H20N2O3. The molecule has 0 saturated heterocycles. The first-order chi connectivity index (χ1) is 6.72. The number of carboxylic acid groups (broad SMARTS) is 1. The van der Waals surface area contributed by atoms with E-state index in [-0.39, 0.29) is 12.4 Å². The van der Waals surface area contributed by atoms with Crippen molar-refractivity contribution in [1.29, 1.82) is 5.41 Å². The minimum atomic E-state index is -0.813. The number of aliphatic carboxylic acids is 1. The van der Waals surface area contributed by atoms with E-state index in [0.29, 0.717) is 13.0 Å². The van der Waals surface area contributed by atoms with Crippen molar-refractivity contribution >= 4 is 12.0 Å². The van der Waals surface area contributed by atoms with E-state index in [4.69, 9.17) is 15.3 Å². The Morgan fingerprint density at radius 3 is 2.40 bits per heavy atom. The number of rotatable bonds is 4. The SMILES string of the molecule is CN(CCCC(=O)O)C(=N)OC(C)(C)C. The molecule has 0 heterocycles. The second kappa shape index (κ2) is 5.58. The normalized spacial score (nSPS) is 10.9. The molecule has 0 fully saturated rings. The molecule has 0 aromatic rings. The smallest absolute Gasteiger partial charge is 0.303 e. The van der Waals surface area contributed by atoms with Gasteiger partial charge in [-0.3, -0.25) is 10.2 Å². The van der Waals surface area contributed by atoms with Crippen LogP contribution in [0.5, 0.6) is 0 Å². The predicted octanol–water partition coefficient (Wildman–Crippen LogP) is 1.53. The van der Waals surface area contributed by atoms with E-state index in [1.54, 1.807) is 11.9 Å². The first kappa shape index (κ1) is 13.7. The standard InChI is InChI=1S/C10H20N2O3/c1-10(2,3)15-9(11)12(4)7-5-6-8(13)14/h11H,5-7H2,1-4H3,(H,13,14). The Balaban J connectivity index is 3.85. The van der Waals surface area contributed by atoms with Crippen molar-refractivity contribution < 1.29 is 14.6 Å². The highest BCUT2D eigenvalue weighted by molar-refractivity contribution is 5.70. The lowest BCUT2D eigenvalue weighted by molar-refractivity contribution is -0.137. The van der Waals surface area contributed by atoms with Crippen LogP contribution in [0.4, 0.5) is 0 Å². The molecule has 0 spiro atoms. The van der Waals surface area contributed by atoms with Crippen molar-refractivity contribution in [1.82, 2.24) is 4.90 Å². The van der Waals surface area contributed by atoms with Crippen LogP contribution in [-0.2, 0) is 9.53 Å². The zero-order valence-electron chi connectivity index (χ0n) is 9.83. The number of ether oxygens (including phenoxy) is 1. The number of nitrogens with zero attached hydrogens (tertiary/aromatic N) is 1. The van der Waals surface area contributed by atoms with Gasteiger partial charge in [-0.25, -0.2) is 0 Å². The molecule has 0 unspecified atom stereocenters. The second-order valence-electron chi connectivity index (χ2n) is 4.44. The highest BCUT2D eigenvalue weighted by Gasteiger charge is 2.16. The Hall–Kier alpha value is -1.26. The summed E-state index contributed by atoms with van der Waals surface area (Å²) in [5, 5.41) is 16.0. The van der Waals surface area contributed by atoms with E-state index in [1.165, 1.54) is 0 Å². The zero-order valence-corrected chi connectivity index (χ0v) is 9.83. The predicted molar refractivity (Wildman–Crippen MR) is 58.1 cm³/mol. The summed E-state index contributed by atoms with van der Waals surface area (Å²) >= 11 is 0. The molecule has 15 heavy (non-hydrogen) atoms. The fraction of sp³-hybridized carbons (Fsp3) is 0.800. The summed E-state index contributed by atoms with van der Waals surface area (Å²) in [5.41, 5.74) is -0.391. The van der Waals surface area contributed by atoms with Gasteiger partial charge in [0.05, 0.1) is 0 Å². The molecule has 5 heteroatoms. The lowest BCUT2D eigenvalue weighted by Gasteiger charge is -2.26. The first-order valence-corrected chi connectivity index (χ1v) is 4.93. The highest BCUT2D eigenvalue weighted by atomic mass is 16.5. The topological polar surface area (TPSA) is 73.6 Å². The molecule has 0 aliphatic rings. The average molecular weight is 216 g/mol. The molecule has 0 radical (unpaired) electrons. The maximum atomic E-state index is 10.3. The molecule has 0 aliphatic heterocycles. The molecule has 0 aliphatic carbocycles. The van der Waals surface area contributed by atoms with Crippen LogP contribution in [0.15, 0.2) is 0 Å². The second-order valence-corrected chi connectivity index (χ2v) is 4.44. The van der Waals surface area contributed by atoms with E-state index in [9.17, 15) is 4.79 Å². The molecule has 0 bridgehead atoms. The maximum absolute atomic E-state index is 10.3. The molecule has 2 N–H and O–H groups in total. The summed E-state index contributed by atoms with van der Waals surface area (Å²) in [4.78, 5) is 11.9. The van der Waals surface area contributed by atoms with Gasteiger partial charge in [0.25, 0.3) is 6.02 Å². The van der Waals surface area contributed by atoms with Gasteiger partial charge in [-0.2, -0.15) is 0 Å². The maximum Gasteiger partial charge on any atom is 0.303 e. The van der Waals surface area contributed by atoms with Crippen molar-refractivity contribution in [2.75, 3.05) is 13.6 Å². The van der Waals surface area contributed by atoms with E-state index in [0.717, 1.165) is 0 Å². The van der Waals surface area contributed by atoms with Crippen LogP contribution >= 0.6 is 0 Å². The van der Waals surface area contributed by atoms with Gasteiger partial charge in [-0.05, 0) is 27.2 Å². The van der Waals surface area contributed by atoms with E-state index >= 15 is 0 Å². The first-order valence-electron chi connectivity index (χ1n) is 4.93. The minimum absolute atomic E-state index is 0.0767. The Labute approximate surface area is 90.5 Å². The molecule has 0 rings (SSSR count). The van der Waals surface area contributed by atoms with Crippen LogP contribution in [0.2, 0.25) is 0 Å². The molecule has 0 aromatic carbocycles. The summed E-state index contributed by atoms with van der Waals surface area (Å²) < 4.78 is 5.32. The Morgan fingerprint density at radius 2 is 2.00 bits per heavy atom. The van der Waals surface area contributed by atoms with Gasteiger partial charge in [0, 0.05) is 20.0 Å². The quantitative estimate of drug-likeness (QED) is 0.552. The zero-order chi connectivity index (χ0) is 12.1. The summed E-state index contributed by atoms with van der Waals surface area (Å²) in [7, 11) is 1.72. The van der Waals surface area contributed by atoms with E-state index in [2.05, 4.69) is 0 Å². The van der Waals surface area contributed by atoms with Gasteiger partial charge in [0.1, 0.15) is 5.60 Å². The van der Waals surface area contributed by atoms with Crippen LogP contribution in [0.3, 0.4) is 0 Å². The van der Waals surface area contributed by atoms with Crippen molar-refractivity contribution in [2.24, 2.45) is 0 Å². The number of carbonyl (C=O) groups is 1. The summed E-state index contributed by atoms with van der Waals surface area (Å²) in [6.07, 6.45) is 0.634. The summed E-state index contributed by atoms with van der Waals surface area (Å²) in [5.74, 6) is -0.813. The van der Waals surface area contributed by atoms with Crippen molar-refractivity contribution in [3.05, 3.63) is 0 Å². The van der Waals surface area contributed by atoms with Crippen LogP contribution in [-0.4, -0.2) is 41.2 Å². The lowest BCUT2D eigenvalue weighted by atomic mass is 10.2. The monoisotopic (exact) mass is 216 g/mol. The average Bonchev–Trinajstić information content (AvgIpc) is 1.99. The van der Waals surface area contributed by atoms with Crippen molar-refractivity contribution in [3.63, 3.8) is 0 Å². The number of hydrogen-bond donors (Lipinski definition) is 2. The fourth-order valence-corrected chi connectivity index (χ4v) is 0.937. The number of hydrogen-bond acceptors (Lipinski definition) is 3. The molecule has 0 atom stereocenters. The van der Waals surface area contributed by atoms with E-state index in [1.807, 2.05) is 20.8 Å². The summed E-state index contributed by atoms with van der Waals surface area (Å²) in [6.45, 7) is 6.12. The van der Waals surface area contributed by atoms with E-state index < -0.39 is 11.6 Å². The fourth-order valence-electron chi connectivity index (χ4n) is 0.937. The Kier molecular flexibility index (Phi) is 5.11. The molecule has 88 valence electrons. The van der Waals surface area contributed by atoms with Gasteiger partial charge in [-0.1, -0.05) is 0 Å². The molecule has 0 saturated carbocycles. The Morgan fingerprint density at radius 1 is 1.47 bits per heavy atom. The van der Waals surface area contributed by atoms with Gasteiger partial charge in [0.2, 0.25) is 0 Å².